The number of methoxy groups -OCH3 is 2. The predicted molar refractivity (Wildman–Crippen MR) is 101 cm³/mol. The first-order valence-corrected chi connectivity index (χ1v) is 8.34. The summed E-state index contributed by atoms with van der Waals surface area (Å²) < 4.78 is 16.3. The number of hydrogen-bond acceptors (Lipinski definition) is 5. The van der Waals surface area contributed by atoms with Crippen LogP contribution in [-0.2, 0) is 18.0 Å². The minimum absolute atomic E-state index is 0.224. The first-order valence-electron chi connectivity index (χ1n) is 8.34. The molecule has 3 aromatic rings. The Morgan fingerprint density at radius 3 is 2.07 bits per heavy atom. The van der Waals surface area contributed by atoms with Crippen LogP contribution in [0.5, 0.6) is 11.5 Å². The van der Waals surface area contributed by atoms with Gasteiger partial charge in [-0.3, -0.25) is 0 Å². The number of fused-ring (bicyclic) bond motifs is 1. The Balaban J connectivity index is 1.86. The van der Waals surface area contributed by atoms with Crippen molar-refractivity contribution in [2.24, 2.45) is 0 Å². The zero-order valence-corrected chi connectivity index (χ0v) is 15.2. The van der Waals surface area contributed by atoms with Gasteiger partial charge in [0.1, 0.15) is 17.6 Å². The molecule has 0 heterocycles. The molecule has 0 atom stereocenters. The van der Waals surface area contributed by atoms with Crippen molar-refractivity contribution in [3.8, 4) is 23.6 Å². The van der Waals surface area contributed by atoms with Gasteiger partial charge in [0.2, 0.25) is 0 Å². The number of nitrogens with zero attached hydrogens (tertiary/aromatic N) is 2. The van der Waals surface area contributed by atoms with Crippen molar-refractivity contribution in [1.29, 1.82) is 10.5 Å². The Bertz CT molecular complexity index is 1040. The van der Waals surface area contributed by atoms with Crippen molar-refractivity contribution in [2.45, 2.75) is 13.2 Å². The second kappa shape index (κ2) is 8.23. The topological polar surface area (TPSA) is 75.3 Å². The molecule has 0 aromatic heterocycles. The number of hydrogen-bond donors (Lipinski definition) is 0. The fourth-order valence-electron chi connectivity index (χ4n) is 3.00. The van der Waals surface area contributed by atoms with Crippen molar-refractivity contribution < 1.29 is 14.2 Å². The zero-order chi connectivity index (χ0) is 19.2. The first kappa shape index (κ1) is 18.3. The highest BCUT2D eigenvalue weighted by atomic mass is 16.5. The second-order valence-electron chi connectivity index (χ2n) is 5.94. The van der Waals surface area contributed by atoms with Crippen LogP contribution in [0.4, 0.5) is 0 Å². The van der Waals surface area contributed by atoms with Crippen LogP contribution >= 0.6 is 0 Å². The van der Waals surface area contributed by atoms with E-state index in [0.717, 1.165) is 16.3 Å². The lowest BCUT2D eigenvalue weighted by molar-refractivity contribution is 0.107. The van der Waals surface area contributed by atoms with Gasteiger partial charge < -0.3 is 14.2 Å². The minimum Gasteiger partial charge on any atom is -0.497 e. The Labute approximate surface area is 157 Å². The van der Waals surface area contributed by atoms with Gasteiger partial charge in [0.25, 0.3) is 0 Å². The van der Waals surface area contributed by atoms with Crippen LogP contribution in [0.3, 0.4) is 0 Å². The van der Waals surface area contributed by atoms with Gasteiger partial charge in [-0.1, -0.05) is 24.3 Å². The molecule has 0 bridgehead atoms. The standard InChI is InChI=1S/C22H18N2O3/c1-25-18-7-15(8-19(10-18)26-2)13-27-14-17-9-16(11-23)20-5-3-4-6-21(20)22(17)12-24/h3-10H,13-14H2,1-2H3. The van der Waals surface area contributed by atoms with Gasteiger partial charge in [-0.15, -0.1) is 0 Å². The summed E-state index contributed by atoms with van der Waals surface area (Å²) >= 11 is 0. The molecule has 0 spiro atoms. The van der Waals surface area contributed by atoms with Gasteiger partial charge in [0.05, 0.1) is 44.6 Å². The summed E-state index contributed by atoms with van der Waals surface area (Å²) in [6.07, 6.45) is 0. The fraction of sp³-hybridized carbons (Fsp3) is 0.182. The van der Waals surface area contributed by atoms with E-state index in [2.05, 4.69) is 12.1 Å². The quantitative estimate of drug-likeness (QED) is 0.656. The normalized spacial score (nSPS) is 10.2. The van der Waals surface area contributed by atoms with Crippen LogP contribution in [0.2, 0.25) is 0 Å². The van der Waals surface area contributed by atoms with Crippen LogP contribution in [0, 0.1) is 22.7 Å². The third-order valence-electron chi connectivity index (χ3n) is 4.30. The molecular weight excluding hydrogens is 340 g/mol. The predicted octanol–water partition coefficient (Wildman–Crippen LogP) is 4.32. The monoisotopic (exact) mass is 358 g/mol. The van der Waals surface area contributed by atoms with Crippen molar-refractivity contribution in [1.82, 2.24) is 0 Å². The van der Waals surface area contributed by atoms with E-state index in [4.69, 9.17) is 14.2 Å². The first-order chi connectivity index (χ1) is 13.2. The van der Waals surface area contributed by atoms with Crippen molar-refractivity contribution in [3.05, 3.63) is 70.8 Å². The highest BCUT2D eigenvalue weighted by molar-refractivity contribution is 5.93. The summed E-state index contributed by atoms with van der Waals surface area (Å²) in [5.41, 5.74) is 2.66. The molecule has 3 aromatic carbocycles. The van der Waals surface area contributed by atoms with Gasteiger partial charge >= 0.3 is 0 Å². The van der Waals surface area contributed by atoms with Crippen LogP contribution in [0.15, 0.2) is 48.5 Å². The average Bonchev–Trinajstić information content (AvgIpc) is 2.72. The molecule has 0 aliphatic rings. The molecule has 0 amide bonds. The highest BCUT2D eigenvalue weighted by Gasteiger charge is 2.12. The summed E-state index contributed by atoms with van der Waals surface area (Å²) in [5, 5.41) is 20.6. The van der Waals surface area contributed by atoms with E-state index in [0.29, 0.717) is 34.8 Å². The molecule has 0 aliphatic heterocycles. The molecule has 5 heteroatoms. The summed E-state index contributed by atoms with van der Waals surface area (Å²) in [6, 6.07) is 19.1. The SMILES string of the molecule is COc1cc(COCc2cc(C#N)c3ccccc3c2C#N)cc(OC)c1. The second-order valence-corrected chi connectivity index (χ2v) is 5.94. The van der Waals surface area contributed by atoms with Crippen molar-refractivity contribution in [3.63, 3.8) is 0 Å². The fourth-order valence-corrected chi connectivity index (χ4v) is 3.00. The van der Waals surface area contributed by atoms with E-state index < -0.39 is 0 Å². The zero-order valence-electron chi connectivity index (χ0n) is 15.2. The maximum atomic E-state index is 9.61. The Morgan fingerprint density at radius 1 is 0.815 bits per heavy atom. The largest absolute Gasteiger partial charge is 0.497 e. The molecule has 0 unspecified atom stereocenters. The molecule has 3 rings (SSSR count). The number of nitriles is 2. The average molecular weight is 358 g/mol. The van der Waals surface area contributed by atoms with Gasteiger partial charge in [-0.2, -0.15) is 10.5 Å². The Kier molecular flexibility index (Phi) is 5.56. The third kappa shape index (κ3) is 3.84. The molecule has 0 radical (unpaired) electrons. The highest BCUT2D eigenvalue weighted by Crippen LogP contribution is 2.27. The molecule has 0 aliphatic carbocycles. The van der Waals surface area contributed by atoms with E-state index in [9.17, 15) is 10.5 Å². The van der Waals surface area contributed by atoms with Gasteiger partial charge in [-0.05, 0) is 29.3 Å². The lowest BCUT2D eigenvalue weighted by atomic mass is 9.96. The number of benzene rings is 3. The molecule has 0 N–H and O–H groups in total. The van der Waals surface area contributed by atoms with Gasteiger partial charge in [0.15, 0.2) is 0 Å². The molecule has 0 saturated carbocycles. The van der Waals surface area contributed by atoms with Gasteiger partial charge in [0, 0.05) is 16.8 Å². The summed E-state index contributed by atoms with van der Waals surface area (Å²) in [5.74, 6) is 1.37. The Morgan fingerprint density at radius 2 is 1.48 bits per heavy atom. The minimum atomic E-state index is 0.224. The van der Waals surface area contributed by atoms with E-state index >= 15 is 0 Å². The molecule has 134 valence electrons. The molecule has 27 heavy (non-hydrogen) atoms. The summed E-state index contributed by atoms with van der Waals surface area (Å²) in [7, 11) is 3.19. The van der Waals surface area contributed by atoms with Crippen molar-refractivity contribution in [2.75, 3.05) is 14.2 Å². The molecule has 5 nitrogen and oxygen atoms in total. The van der Waals surface area contributed by atoms with E-state index in [1.165, 1.54) is 0 Å². The van der Waals surface area contributed by atoms with E-state index in [1.807, 2.05) is 36.4 Å². The number of ether oxygens (including phenoxy) is 3. The van der Waals surface area contributed by atoms with Gasteiger partial charge in [-0.25, -0.2) is 0 Å². The van der Waals surface area contributed by atoms with Crippen LogP contribution in [-0.4, -0.2) is 14.2 Å². The molecule has 0 saturated heterocycles. The molecule has 0 fully saturated rings. The molecular formula is C22H18N2O3. The van der Waals surface area contributed by atoms with E-state index in [1.54, 1.807) is 26.4 Å². The lowest BCUT2D eigenvalue weighted by Gasteiger charge is -2.12. The van der Waals surface area contributed by atoms with Crippen LogP contribution in [0.25, 0.3) is 10.8 Å². The van der Waals surface area contributed by atoms with Crippen molar-refractivity contribution >= 4 is 10.8 Å². The maximum absolute atomic E-state index is 9.61. The maximum Gasteiger partial charge on any atom is 0.122 e. The van der Waals surface area contributed by atoms with Crippen LogP contribution in [0.1, 0.15) is 22.3 Å². The van der Waals surface area contributed by atoms with Crippen LogP contribution < -0.4 is 9.47 Å². The third-order valence-corrected chi connectivity index (χ3v) is 4.30. The smallest absolute Gasteiger partial charge is 0.122 e. The summed E-state index contributed by atoms with van der Waals surface area (Å²) in [4.78, 5) is 0. The lowest BCUT2D eigenvalue weighted by Crippen LogP contribution is -2.00. The van der Waals surface area contributed by atoms with E-state index in [-0.39, 0.29) is 6.61 Å². The Hall–Kier alpha value is -3.54. The number of rotatable bonds is 6. The summed E-state index contributed by atoms with van der Waals surface area (Å²) in [6.45, 7) is 0.551.